The van der Waals surface area contributed by atoms with Crippen molar-refractivity contribution in [2.75, 3.05) is 24.7 Å². The zero-order valence-corrected chi connectivity index (χ0v) is 32.6. The first-order valence-electron chi connectivity index (χ1n) is 15.8. The molecule has 0 spiro atoms. The van der Waals surface area contributed by atoms with Gasteiger partial charge in [0.25, 0.3) is 0 Å². The number of ether oxygens (including phenoxy) is 1. The molecule has 25 heteroatoms. The Balaban J connectivity index is 1.54. The maximum atomic E-state index is 12.7. The van der Waals surface area contributed by atoms with E-state index in [0.29, 0.717) is 12.8 Å². The molecule has 0 aliphatic carbocycles. The number of aliphatic hydroxyl groups is 2. The Kier molecular flexibility index (Phi) is 15.3. The van der Waals surface area contributed by atoms with E-state index >= 15 is 0 Å². The van der Waals surface area contributed by atoms with E-state index in [1.54, 1.807) is 11.8 Å². The number of hydrogen-bond donors (Lipinski definition) is 7. The molecule has 1 aliphatic rings. The molecule has 1 aliphatic heterocycles. The molecular formula is C27H46N5O16P3S. The molecule has 0 aromatic carbocycles. The molecule has 1 fully saturated rings. The van der Waals surface area contributed by atoms with Crippen molar-refractivity contribution in [1.29, 1.82) is 0 Å². The van der Waals surface area contributed by atoms with Crippen molar-refractivity contribution in [2.24, 2.45) is 5.41 Å². The Labute approximate surface area is 303 Å². The maximum absolute atomic E-state index is 12.7. The van der Waals surface area contributed by atoms with Crippen molar-refractivity contribution in [1.82, 2.24) is 19.5 Å². The summed E-state index contributed by atoms with van der Waals surface area (Å²) in [5, 5.41) is 21.5. The third kappa shape index (κ3) is 13.5. The van der Waals surface area contributed by atoms with Crippen LogP contribution in [-0.4, -0.2) is 109 Å². The molecule has 0 amide bonds. The largest absolute Gasteiger partial charge is 0.481 e. The Morgan fingerprint density at radius 3 is 2.27 bits per heavy atom. The molecule has 7 unspecified atom stereocenters. The van der Waals surface area contributed by atoms with E-state index in [2.05, 4.69) is 44.6 Å². The standard InChI is InChI=1S/C27H46N5O16P3S/c1-26(2,3)52-11-7-9-16(33)8-6-10-17(34)22(36)27(4,5)13-45-51(42,43)48-50(40,41)44-12-18-21(47-49(37,38)39)20(35)25(46-18)32-15-31-19-23(28)29-14-30-24(19)32/h14-15,18,20-22,25,35-36H,6-13H2,1-5H3,(H,40,41)(H,42,43)(H2,28,29,30)(H2,37,38,39). The normalized spacial score (nSPS) is 23.0. The van der Waals surface area contributed by atoms with Gasteiger partial charge in [0.05, 0.1) is 19.5 Å². The van der Waals surface area contributed by atoms with Gasteiger partial charge in [0.15, 0.2) is 23.5 Å². The van der Waals surface area contributed by atoms with Crippen LogP contribution in [0.15, 0.2) is 12.7 Å². The molecule has 296 valence electrons. The summed E-state index contributed by atoms with van der Waals surface area (Å²) in [6.45, 7) is 6.99. The lowest BCUT2D eigenvalue weighted by Crippen LogP contribution is -2.39. The summed E-state index contributed by atoms with van der Waals surface area (Å²) in [6, 6.07) is 0. The Hall–Kier alpha value is -1.71. The number of nitrogens with two attached hydrogens (primary N) is 1. The summed E-state index contributed by atoms with van der Waals surface area (Å²) >= 11 is 1.74. The van der Waals surface area contributed by atoms with Crippen molar-refractivity contribution in [3.63, 3.8) is 0 Å². The van der Waals surface area contributed by atoms with Gasteiger partial charge >= 0.3 is 23.5 Å². The summed E-state index contributed by atoms with van der Waals surface area (Å²) in [7, 11) is -16.3. The fourth-order valence-electron chi connectivity index (χ4n) is 4.91. The molecule has 3 heterocycles. The Morgan fingerprint density at radius 2 is 1.63 bits per heavy atom. The van der Waals surface area contributed by atoms with E-state index in [1.165, 1.54) is 13.8 Å². The summed E-state index contributed by atoms with van der Waals surface area (Å²) in [6.07, 6.45) is -5.19. The number of carbonyl (C=O) groups excluding carboxylic acids is 2. The average molecular weight is 822 g/mol. The van der Waals surface area contributed by atoms with Gasteiger partial charge in [-0.3, -0.25) is 27.7 Å². The lowest BCUT2D eigenvalue weighted by Gasteiger charge is -2.30. The van der Waals surface area contributed by atoms with E-state index in [9.17, 15) is 53.1 Å². The number of anilines is 1. The van der Waals surface area contributed by atoms with Crippen LogP contribution in [-0.2, 0) is 45.9 Å². The van der Waals surface area contributed by atoms with Crippen LogP contribution < -0.4 is 5.73 Å². The number of phosphoric ester groups is 3. The number of rotatable bonds is 21. The number of phosphoric acid groups is 3. The highest BCUT2D eigenvalue weighted by atomic mass is 32.2. The first-order valence-corrected chi connectivity index (χ1v) is 21.3. The number of thioether (sulfide) groups is 1. The van der Waals surface area contributed by atoms with Gasteiger partial charge < -0.3 is 40.3 Å². The molecule has 1 saturated heterocycles. The second-order valence-corrected chi connectivity index (χ2v) is 19.8. The highest BCUT2D eigenvalue weighted by Gasteiger charge is 2.50. The number of fused-ring (bicyclic) bond motifs is 1. The van der Waals surface area contributed by atoms with Gasteiger partial charge in [-0.1, -0.05) is 34.6 Å². The summed E-state index contributed by atoms with van der Waals surface area (Å²) in [4.78, 5) is 75.7. The summed E-state index contributed by atoms with van der Waals surface area (Å²) in [5.41, 5.74) is 4.41. The molecule has 2 aromatic rings. The predicted molar refractivity (Wildman–Crippen MR) is 184 cm³/mol. The second kappa shape index (κ2) is 17.8. The molecule has 0 saturated carbocycles. The maximum Gasteiger partial charge on any atom is 0.481 e. The van der Waals surface area contributed by atoms with Crippen LogP contribution in [0.1, 0.15) is 73.0 Å². The first kappa shape index (κ1) is 44.7. The minimum absolute atomic E-state index is 0.0127. The van der Waals surface area contributed by atoms with Crippen LogP contribution in [0.4, 0.5) is 5.82 Å². The van der Waals surface area contributed by atoms with Crippen LogP contribution in [0.3, 0.4) is 0 Å². The molecule has 7 atom stereocenters. The molecule has 3 rings (SSSR count). The van der Waals surface area contributed by atoms with Crippen LogP contribution in [0.5, 0.6) is 0 Å². The van der Waals surface area contributed by atoms with Crippen LogP contribution in [0, 0.1) is 5.41 Å². The van der Waals surface area contributed by atoms with Crippen LogP contribution >= 0.6 is 35.2 Å². The Morgan fingerprint density at radius 1 is 1.00 bits per heavy atom. The second-order valence-electron chi connectivity index (χ2n) is 13.6. The van der Waals surface area contributed by atoms with Gasteiger partial charge in [-0.25, -0.2) is 28.6 Å². The van der Waals surface area contributed by atoms with E-state index < -0.39 is 78.5 Å². The quantitative estimate of drug-likeness (QED) is 0.0702. The lowest BCUT2D eigenvalue weighted by molar-refractivity contribution is -0.134. The number of nitrogens with zero attached hydrogens (tertiary/aromatic N) is 4. The number of nitrogen functional groups attached to an aromatic ring is 1. The van der Waals surface area contributed by atoms with E-state index in [0.717, 1.165) is 23.0 Å². The molecular weight excluding hydrogens is 775 g/mol. The van der Waals surface area contributed by atoms with Crippen molar-refractivity contribution in [3.05, 3.63) is 12.7 Å². The molecule has 0 radical (unpaired) electrons. The number of hydrogen-bond acceptors (Lipinski definition) is 17. The lowest BCUT2D eigenvalue weighted by atomic mass is 9.84. The van der Waals surface area contributed by atoms with Crippen LogP contribution in [0.2, 0.25) is 0 Å². The van der Waals surface area contributed by atoms with Gasteiger partial charge in [-0.2, -0.15) is 16.1 Å². The minimum Gasteiger partial charge on any atom is -0.386 e. The van der Waals surface area contributed by atoms with Crippen molar-refractivity contribution in [3.8, 4) is 0 Å². The fourth-order valence-corrected chi connectivity index (χ4v) is 8.64. The zero-order valence-electron chi connectivity index (χ0n) is 29.1. The molecule has 2 aromatic heterocycles. The SMILES string of the molecule is CC(C)(C)SCCCC(=O)CCCC(=O)C(O)C(C)(C)COP(=O)(O)OP(=O)(O)OCC1OC(n2cnc3c(N)ncnc32)C(O)C1OP(=O)(O)O. The third-order valence-electron chi connectivity index (χ3n) is 7.50. The third-order valence-corrected chi connectivity index (χ3v) is 12.0. The fraction of sp³-hybridized carbons (Fsp3) is 0.741. The predicted octanol–water partition coefficient (Wildman–Crippen LogP) is 2.40. The molecule has 0 bridgehead atoms. The smallest absolute Gasteiger partial charge is 0.386 e. The van der Waals surface area contributed by atoms with Gasteiger partial charge in [-0.15, -0.1) is 0 Å². The number of Topliss-reactive ketones (excluding diaryl/α,β-unsaturated/α-hetero) is 2. The van der Waals surface area contributed by atoms with E-state index in [1.807, 2.05) is 0 Å². The molecule has 21 nitrogen and oxygen atoms in total. The Bertz CT molecular complexity index is 1700. The number of imidazole rings is 1. The van der Waals surface area contributed by atoms with Crippen molar-refractivity contribution >= 4 is 63.8 Å². The molecule has 52 heavy (non-hydrogen) atoms. The minimum atomic E-state index is -5.53. The number of ketones is 2. The number of aromatic nitrogens is 4. The van der Waals surface area contributed by atoms with Crippen LogP contribution in [0.25, 0.3) is 11.2 Å². The number of carbonyl (C=O) groups is 2. The van der Waals surface area contributed by atoms with Gasteiger partial charge in [0.1, 0.15) is 42.0 Å². The summed E-state index contributed by atoms with van der Waals surface area (Å²) < 4.78 is 62.2. The topological polar surface area (TPSA) is 322 Å². The summed E-state index contributed by atoms with van der Waals surface area (Å²) in [5.74, 6) is 0.126. The molecule has 8 N–H and O–H groups in total. The average Bonchev–Trinajstić information content (AvgIpc) is 3.56. The van der Waals surface area contributed by atoms with Gasteiger partial charge in [0, 0.05) is 29.4 Å². The van der Waals surface area contributed by atoms with E-state index in [-0.39, 0.29) is 46.8 Å². The highest BCUT2D eigenvalue weighted by molar-refractivity contribution is 8.00. The van der Waals surface area contributed by atoms with Gasteiger partial charge in [-0.05, 0) is 18.6 Å². The number of aliphatic hydroxyl groups excluding tert-OH is 2. The van der Waals surface area contributed by atoms with Gasteiger partial charge in [0.2, 0.25) is 0 Å². The monoisotopic (exact) mass is 821 g/mol. The van der Waals surface area contributed by atoms with E-state index in [4.69, 9.17) is 19.5 Å². The van der Waals surface area contributed by atoms with Crippen molar-refractivity contribution < 1.29 is 75.7 Å². The highest BCUT2D eigenvalue weighted by Crippen LogP contribution is 2.61. The van der Waals surface area contributed by atoms with Crippen molar-refractivity contribution in [2.45, 2.75) is 102 Å². The first-order chi connectivity index (χ1) is 23.8. The zero-order chi connectivity index (χ0) is 39.3.